The van der Waals surface area contributed by atoms with Gasteiger partial charge in [0.25, 0.3) is 3.79 Å². The Balaban J connectivity index is 3.08. The largest absolute Gasteiger partial charge is 0.348 e. The van der Waals surface area contributed by atoms with E-state index in [1.54, 1.807) is 23.9 Å². The molecule has 6 heteroatoms. The third-order valence-electron chi connectivity index (χ3n) is 2.38. The van der Waals surface area contributed by atoms with Crippen LogP contribution in [0.4, 0.5) is 0 Å². The van der Waals surface area contributed by atoms with Crippen LogP contribution in [0.25, 0.3) is 0 Å². The van der Waals surface area contributed by atoms with Gasteiger partial charge in [-0.3, -0.25) is 4.79 Å². The Hall–Kier alpha value is -0.220. The first-order chi connectivity index (χ1) is 7.27. The van der Waals surface area contributed by atoms with E-state index in [-0.39, 0.29) is 6.04 Å². The average molecular weight is 284 g/mol. The predicted octanol–water partition coefficient (Wildman–Crippen LogP) is 2.99. The molecule has 0 aliphatic carbocycles. The number of hydrogen-bond donors (Lipinski definition) is 1. The minimum Gasteiger partial charge on any atom is -0.348 e. The third kappa shape index (κ3) is 2.92. The van der Waals surface area contributed by atoms with Crippen LogP contribution in [-0.4, -0.2) is 14.1 Å². The lowest BCUT2D eigenvalue weighted by Gasteiger charge is -2.09. The van der Waals surface area contributed by atoms with Gasteiger partial charge in [0.2, 0.25) is 5.78 Å². The molecular formula is C10H13Cl3N2O. The highest BCUT2D eigenvalue weighted by molar-refractivity contribution is 6.77. The molecule has 0 saturated heterocycles. The van der Waals surface area contributed by atoms with E-state index in [1.807, 2.05) is 6.92 Å². The molecule has 2 N–H and O–H groups in total. The lowest BCUT2D eigenvalue weighted by atomic mass is 10.1. The minimum absolute atomic E-state index is 0.108. The summed E-state index contributed by atoms with van der Waals surface area (Å²) in [5.41, 5.74) is 7.07. The quantitative estimate of drug-likeness (QED) is 0.685. The molecule has 0 fully saturated rings. The van der Waals surface area contributed by atoms with E-state index in [4.69, 9.17) is 40.5 Å². The monoisotopic (exact) mass is 282 g/mol. The first-order valence-corrected chi connectivity index (χ1v) is 5.94. The molecular weight excluding hydrogens is 270 g/mol. The Bertz CT molecular complexity index is 395. The van der Waals surface area contributed by atoms with Gasteiger partial charge in [-0.25, -0.2) is 0 Å². The number of aromatic nitrogens is 1. The van der Waals surface area contributed by atoms with Crippen molar-refractivity contribution in [1.29, 1.82) is 0 Å². The third-order valence-corrected chi connectivity index (χ3v) is 2.90. The van der Waals surface area contributed by atoms with Crippen molar-refractivity contribution in [2.75, 3.05) is 0 Å². The molecule has 0 radical (unpaired) electrons. The molecule has 1 aromatic heterocycles. The van der Waals surface area contributed by atoms with E-state index in [9.17, 15) is 4.79 Å². The molecule has 0 bridgehead atoms. The number of aryl methyl sites for hydroxylation is 1. The summed E-state index contributed by atoms with van der Waals surface area (Å²) in [6, 6.07) is 1.56. The maximum atomic E-state index is 11.8. The normalized spacial score (nSPS) is 13.9. The minimum atomic E-state index is -1.93. The second kappa shape index (κ2) is 4.96. The van der Waals surface area contributed by atoms with Crippen molar-refractivity contribution in [2.45, 2.75) is 23.2 Å². The van der Waals surface area contributed by atoms with Gasteiger partial charge in [-0.15, -0.1) is 0 Å². The Morgan fingerprint density at radius 3 is 2.56 bits per heavy atom. The van der Waals surface area contributed by atoms with Crippen LogP contribution in [0, 0.1) is 0 Å². The number of carbonyl (C=O) groups excluding carboxylic acids is 1. The molecule has 0 aliphatic heterocycles. The van der Waals surface area contributed by atoms with E-state index in [2.05, 4.69) is 0 Å². The summed E-state index contributed by atoms with van der Waals surface area (Å²) in [4.78, 5) is 11.8. The van der Waals surface area contributed by atoms with Crippen LogP contribution in [0.2, 0.25) is 0 Å². The van der Waals surface area contributed by atoms with Crippen molar-refractivity contribution in [2.24, 2.45) is 12.8 Å². The average Bonchev–Trinajstić information content (AvgIpc) is 2.56. The van der Waals surface area contributed by atoms with Gasteiger partial charge >= 0.3 is 0 Å². The van der Waals surface area contributed by atoms with E-state index in [0.29, 0.717) is 5.69 Å². The molecule has 0 spiro atoms. The SMILES string of the molecule is CC[C@@H](N)c1cc(C(=O)C(Cl)(Cl)Cl)n(C)c1. The summed E-state index contributed by atoms with van der Waals surface area (Å²) in [6.45, 7) is 1.97. The van der Waals surface area contributed by atoms with Crippen molar-refractivity contribution >= 4 is 40.6 Å². The molecule has 1 rings (SSSR count). The van der Waals surface area contributed by atoms with E-state index < -0.39 is 9.58 Å². The van der Waals surface area contributed by atoms with Gasteiger partial charge in [0.05, 0.1) is 5.69 Å². The molecule has 3 nitrogen and oxygen atoms in total. The number of nitrogens with zero attached hydrogens (tertiary/aromatic N) is 1. The van der Waals surface area contributed by atoms with Crippen LogP contribution in [0.15, 0.2) is 12.3 Å². The van der Waals surface area contributed by atoms with Crippen molar-refractivity contribution in [3.63, 3.8) is 0 Å². The first-order valence-electron chi connectivity index (χ1n) is 4.80. The zero-order valence-corrected chi connectivity index (χ0v) is 11.3. The van der Waals surface area contributed by atoms with Gasteiger partial charge in [0.15, 0.2) is 0 Å². The molecule has 1 atom stereocenters. The molecule has 1 aromatic rings. The van der Waals surface area contributed by atoms with Gasteiger partial charge in [0, 0.05) is 19.3 Å². The zero-order chi connectivity index (χ0) is 12.5. The second-order valence-electron chi connectivity index (χ2n) is 3.61. The Labute approximate surface area is 109 Å². The summed E-state index contributed by atoms with van der Waals surface area (Å²) >= 11 is 16.6. The highest BCUT2D eigenvalue weighted by Gasteiger charge is 2.33. The van der Waals surface area contributed by atoms with Crippen LogP contribution < -0.4 is 5.73 Å². The van der Waals surface area contributed by atoms with Crippen molar-refractivity contribution in [1.82, 2.24) is 4.57 Å². The summed E-state index contributed by atoms with van der Waals surface area (Å²) < 4.78 is -0.311. The summed E-state index contributed by atoms with van der Waals surface area (Å²) in [5, 5.41) is 0. The van der Waals surface area contributed by atoms with Crippen molar-refractivity contribution in [3.8, 4) is 0 Å². The summed E-state index contributed by atoms with van der Waals surface area (Å²) in [5.74, 6) is -0.547. The standard InChI is InChI=1S/C10H13Cl3N2O/c1-3-7(14)6-4-8(15(2)5-6)9(16)10(11,12)13/h4-5,7H,3,14H2,1-2H3/t7-/m1/s1. The smallest absolute Gasteiger partial charge is 0.255 e. The number of alkyl halides is 3. The number of ketones is 1. The van der Waals surface area contributed by atoms with Crippen LogP contribution in [0.5, 0.6) is 0 Å². The Morgan fingerprint density at radius 2 is 2.12 bits per heavy atom. The molecule has 1 heterocycles. The number of hydrogen-bond acceptors (Lipinski definition) is 2. The molecule has 90 valence electrons. The van der Waals surface area contributed by atoms with Gasteiger partial charge in [-0.1, -0.05) is 41.7 Å². The van der Waals surface area contributed by atoms with Gasteiger partial charge in [-0.05, 0) is 18.1 Å². The first kappa shape index (κ1) is 13.8. The fourth-order valence-corrected chi connectivity index (χ4v) is 1.69. The number of Topliss-reactive ketones (excluding diaryl/α,β-unsaturated/α-hetero) is 1. The van der Waals surface area contributed by atoms with Gasteiger partial charge in [-0.2, -0.15) is 0 Å². The van der Waals surface area contributed by atoms with Gasteiger partial charge < -0.3 is 10.3 Å². The van der Waals surface area contributed by atoms with E-state index in [1.165, 1.54) is 0 Å². The van der Waals surface area contributed by atoms with Crippen LogP contribution >= 0.6 is 34.8 Å². The second-order valence-corrected chi connectivity index (χ2v) is 5.89. The molecule has 0 unspecified atom stereocenters. The van der Waals surface area contributed by atoms with Crippen LogP contribution in [0.1, 0.15) is 35.4 Å². The summed E-state index contributed by atoms with van der Waals surface area (Å²) in [6.07, 6.45) is 2.56. The highest BCUT2D eigenvalue weighted by atomic mass is 35.6. The maximum Gasteiger partial charge on any atom is 0.255 e. The van der Waals surface area contributed by atoms with E-state index in [0.717, 1.165) is 12.0 Å². The highest BCUT2D eigenvalue weighted by Crippen LogP contribution is 2.31. The van der Waals surface area contributed by atoms with Gasteiger partial charge in [0.1, 0.15) is 0 Å². The van der Waals surface area contributed by atoms with Crippen molar-refractivity contribution in [3.05, 3.63) is 23.5 Å². The molecule has 0 aromatic carbocycles. The lowest BCUT2D eigenvalue weighted by Crippen LogP contribution is -2.21. The molecule has 0 saturated carbocycles. The number of rotatable bonds is 3. The predicted molar refractivity (Wildman–Crippen MR) is 67.3 cm³/mol. The molecule has 16 heavy (non-hydrogen) atoms. The Kier molecular flexibility index (Phi) is 4.29. The molecule has 0 amide bonds. The van der Waals surface area contributed by atoms with Crippen molar-refractivity contribution < 1.29 is 4.79 Å². The number of carbonyl (C=O) groups is 1. The zero-order valence-electron chi connectivity index (χ0n) is 9.01. The van der Waals surface area contributed by atoms with E-state index >= 15 is 0 Å². The number of halogens is 3. The van der Waals surface area contributed by atoms with Crippen LogP contribution in [-0.2, 0) is 7.05 Å². The number of nitrogens with two attached hydrogens (primary N) is 1. The van der Waals surface area contributed by atoms with Crippen LogP contribution in [0.3, 0.4) is 0 Å². The molecule has 0 aliphatic rings. The fraction of sp³-hybridized carbons (Fsp3) is 0.500. The topological polar surface area (TPSA) is 48.0 Å². The Morgan fingerprint density at radius 1 is 1.56 bits per heavy atom. The summed E-state index contributed by atoms with van der Waals surface area (Å²) in [7, 11) is 1.72. The maximum absolute atomic E-state index is 11.8. The fourth-order valence-electron chi connectivity index (χ4n) is 1.40. The lowest BCUT2D eigenvalue weighted by molar-refractivity contribution is 0.0988.